The van der Waals surface area contributed by atoms with Crippen LogP contribution in [0.4, 0.5) is 24.5 Å². The van der Waals surface area contributed by atoms with E-state index in [1.807, 2.05) is 19.1 Å². The first-order valence-corrected chi connectivity index (χ1v) is 7.18. The Morgan fingerprint density at radius 2 is 1.75 bits per heavy atom. The summed E-state index contributed by atoms with van der Waals surface area (Å²) in [7, 11) is 0. The Labute approximate surface area is 135 Å². The highest BCUT2D eigenvalue weighted by Crippen LogP contribution is 2.37. The van der Waals surface area contributed by atoms with Gasteiger partial charge in [-0.2, -0.15) is 5.10 Å². The van der Waals surface area contributed by atoms with Crippen molar-refractivity contribution in [1.82, 2.24) is 10.2 Å². The quantitative estimate of drug-likeness (QED) is 0.699. The number of hydrogen-bond acceptors (Lipinski definition) is 3. The fraction of sp³-hybridized carbons (Fsp3) is 0.0588. The third-order valence-electron chi connectivity index (χ3n) is 3.79. The fourth-order valence-electron chi connectivity index (χ4n) is 2.70. The molecule has 0 saturated carbocycles. The Morgan fingerprint density at radius 1 is 1.00 bits per heavy atom. The lowest BCUT2D eigenvalue weighted by atomic mass is 10.1. The second-order valence-corrected chi connectivity index (χ2v) is 5.51. The monoisotopic (exact) mass is 328 g/mol. The maximum atomic E-state index is 14.1. The molecule has 2 aromatic carbocycles. The van der Waals surface area contributed by atoms with Crippen molar-refractivity contribution in [3.8, 4) is 11.3 Å². The molecule has 0 atom stereocenters. The lowest BCUT2D eigenvalue weighted by Crippen LogP contribution is -2.17. The van der Waals surface area contributed by atoms with Crippen LogP contribution in [-0.2, 0) is 0 Å². The van der Waals surface area contributed by atoms with E-state index in [1.165, 1.54) is 6.20 Å². The molecule has 2 heterocycles. The smallest absolute Gasteiger partial charge is 0.144 e. The van der Waals surface area contributed by atoms with Gasteiger partial charge in [-0.15, -0.1) is 0 Å². The molecular weight excluding hydrogens is 317 g/mol. The zero-order valence-electron chi connectivity index (χ0n) is 12.5. The summed E-state index contributed by atoms with van der Waals surface area (Å²) in [6, 6.07) is 6.81. The highest BCUT2D eigenvalue weighted by molar-refractivity contribution is 6.13. The van der Waals surface area contributed by atoms with Gasteiger partial charge in [0.25, 0.3) is 0 Å². The van der Waals surface area contributed by atoms with Crippen LogP contribution in [0.1, 0.15) is 11.1 Å². The highest BCUT2D eigenvalue weighted by atomic mass is 19.1. The summed E-state index contributed by atoms with van der Waals surface area (Å²) in [5, 5.41) is 9.74. The second-order valence-electron chi connectivity index (χ2n) is 5.51. The molecule has 0 bridgehead atoms. The number of aryl methyl sites for hydroxylation is 1. The molecule has 7 heteroatoms. The van der Waals surface area contributed by atoms with Gasteiger partial charge in [0.05, 0.1) is 17.5 Å². The first-order valence-electron chi connectivity index (χ1n) is 7.18. The minimum Gasteiger partial charge on any atom is -0.339 e. The van der Waals surface area contributed by atoms with Crippen LogP contribution in [0.25, 0.3) is 11.3 Å². The van der Waals surface area contributed by atoms with E-state index in [0.29, 0.717) is 29.2 Å². The number of amidine groups is 1. The number of nitrogens with one attached hydrogen (secondary N) is 2. The second kappa shape index (κ2) is 5.23. The number of H-pyrrole nitrogens is 1. The number of benzene rings is 2. The van der Waals surface area contributed by atoms with Crippen LogP contribution in [0.15, 0.2) is 41.5 Å². The van der Waals surface area contributed by atoms with Crippen LogP contribution < -0.4 is 5.32 Å². The summed E-state index contributed by atoms with van der Waals surface area (Å²) >= 11 is 0. The molecule has 0 unspecified atom stereocenters. The fourth-order valence-corrected chi connectivity index (χ4v) is 2.70. The minimum atomic E-state index is -1.03. The number of rotatable bonds is 1. The van der Waals surface area contributed by atoms with Gasteiger partial charge < -0.3 is 5.32 Å². The van der Waals surface area contributed by atoms with Crippen LogP contribution in [0.2, 0.25) is 0 Å². The molecule has 0 aliphatic carbocycles. The van der Waals surface area contributed by atoms with Gasteiger partial charge in [0.2, 0.25) is 0 Å². The van der Waals surface area contributed by atoms with E-state index in [4.69, 9.17) is 0 Å². The average molecular weight is 328 g/mol. The maximum absolute atomic E-state index is 14.1. The van der Waals surface area contributed by atoms with Crippen molar-refractivity contribution in [2.24, 2.45) is 4.99 Å². The summed E-state index contributed by atoms with van der Waals surface area (Å²) in [6.45, 7) is 1.93. The molecule has 0 fully saturated rings. The molecule has 1 aromatic heterocycles. The normalized spacial score (nSPS) is 12.8. The van der Waals surface area contributed by atoms with Gasteiger partial charge in [-0.05, 0) is 19.1 Å². The molecule has 3 aromatic rings. The van der Waals surface area contributed by atoms with Gasteiger partial charge in [-0.3, -0.25) is 5.10 Å². The van der Waals surface area contributed by atoms with E-state index in [1.54, 1.807) is 6.07 Å². The Hall–Kier alpha value is -3.09. The maximum Gasteiger partial charge on any atom is 0.144 e. The molecule has 0 saturated heterocycles. The van der Waals surface area contributed by atoms with Crippen molar-refractivity contribution < 1.29 is 13.2 Å². The number of aromatic amines is 1. The molecule has 4 nitrogen and oxygen atoms in total. The van der Waals surface area contributed by atoms with E-state index in [2.05, 4.69) is 20.5 Å². The molecule has 0 radical (unpaired) electrons. The van der Waals surface area contributed by atoms with E-state index in [9.17, 15) is 13.2 Å². The Bertz CT molecular complexity index is 968. The van der Waals surface area contributed by atoms with Crippen LogP contribution in [-0.4, -0.2) is 16.0 Å². The predicted molar refractivity (Wildman–Crippen MR) is 84.9 cm³/mol. The number of nitrogens with zero attached hydrogens (tertiary/aromatic N) is 2. The van der Waals surface area contributed by atoms with E-state index < -0.39 is 23.0 Å². The molecule has 24 heavy (non-hydrogen) atoms. The van der Waals surface area contributed by atoms with Gasteiger partial charge in [-0.1, -0.05) is 11.6 Å². The zero-order valence-corrected chi connectivity index (χ0v) is 12.5. The summed E-state index contributed by atoms with van der Waals surface area (Å²) < 4.78 is 41.5. The predicted octanol–water partition coefficient (Wildman–Crippen LogP) is 4.31. The van der Waals surface area contributed by atoms with Crippen LogP contribution in [0, 0.1) is 24.4 Å². The largest absolute Gasteiger partial charge is 0.339 e. The summed E-state index contributed by atoms with van der Waals surface area (Å²) in [5.74, 6) is -3.09. The third kappa shape index (κ3) is 2.25. The first-order chi connectivity index (χ1) is 11.5. The van der Waals surface area contributed by atoms with Crippen LogP contribution in [0.3, 0.4) is 0 Å². The number of halogens is 3. The topological polar surface area (TPSA) is 53.1 Å². The molecule has 4 rings (SSSR count). The lowest BCUT2D eigenvalue weighted by molar-refractivity contribution is 0.540. The Balaban J connectivity index is 1.96. The van der Waals surface area contributed by atoms with Crippen molar-refractivity contribution in [3.63, 3.8) is 0 Å². The number of hydrogen-bond donors (Lipinski definition) is 2. The minimum absolute atomic E-state index is 0.0461. The van der Waals surface area contributed by atoms with E-state index in [0.717, 1.165) is 11.1 Å². The Morgan fingerprint density at radius 3 is 2.50 bits per heavy atom. The molecule has 2 N–H and O–H groups in total. The van der Waals surface area contributed by atoms with Gasteiger partial charge in [-0.25, -0.2) is 18.2 Å². The van der Waals surface area contributed by atoms with Gasteiger partial charge in [0.1, 0.15) is 29.0 Å². The summed E-state index contributed by atoms with van der Waals surface area (Å²) in [5.41, 5.74) is 3.06. The summed E-state index contributed by atoms with van der Waals surface area (Å²) in [4.78, 5) is 4.27. The van der Waals surface area contributed by atoms with Crippen LogP contribution >= 0.6 is 0 Å². The molecule has 1 aliphatic rings. The lowest BCUT2D eigenvalue weighted by Gasteiger charge is -2.12. The number of aliphatic imine (C=N–C) groups is 1. The molecule has 0 spiro atoms. The van der Waals surface area contributed by atoms with Crippen molar-refractivity contribution in [1.29, 1.82) is 0 Å². The summed E-state index contributed by atoms with van der Waals surface area (Å²) in [6.07, 6.45) is 1.47. The molecule has 120 valence electrons. The van der Waals surface area contributed by atoms with E-state index in [-0.39, 0.29) is 5.84 Å². The van der Waals surface area contributed by atoms with Crippen molar-refractivity contribution >= 4 is 17.2 Å². The Kier molecular flexibility index (Phi) is 3.16. The number of fused-ring (bicyclic) bond motifs is 3. The molecule has 1 aliphatic heterocycles. The molecule has 0 amide bonds. The van der Waals surface area contributed by atoms with Crippen LogP contribution in [0.5, 0.6) is 0 Å². The van der Waals surface area contributed by atoms with Crippen molar-refractivity contribution in [3.05, 3.63) is 65.1 Å². The zero-order chi connectivity index (χ0) is 16.8. The number of aromatic nitrogens is 2. The van der Waals surface area contributed by atoms with Crippen molar-refractivity contribution in [2.45, 2.75) is 6.92 Å². The van der Waals surface area contributed by atoms with Crippen molar-refractivity contribution in [2.75, 3.05) is 5.32 Å². The SMILES string of the molecule is Cc1ccc2c(c1)-c1[nH]ncc1N=C(c1c(F)cc(F)cc1F)N2. The van der Waals surface area contributed by atoms with E-state index >= 15 is 0 Å². The third-order valence-corrected chi connectivity index (χ3v) is 3.79. The standard InChI is InChI=1S/C17H11F3N4/c1-8-2-3-13-10(4-8)16-14(7-21-24-16)23-17(22-13)15-11(19)5-9(18)6-12(15)20/h2-7H,1H3,(H,21,24)(H,22,23). The number of anilines is 1. The van der Waals surface area contributed by atoms with Gasteiger partial charge >= 0.3 is 0 Å². The van der Waals surface area contributed by atoms with Gasteiger partial charge in [0, 0.05) is 23.4 Å². The average Bonchev–Trinajstić information content (AvgIpc) is 2.90. The highest BCUT2D eigenvalue weighted by Gasteiger charge is 2.23. The van der Waals surface area contributed by atoms with Gasteiger partial charge in [0.15, 0.2) is 0 Å². The molecular formula is C17H11F3N4. The first kappa shape index (κ1) is 14.5.